The second-order valence-electron chi connectivity index (χ2n) is 5.99. The Labute approximate surface area is 128 Å². The van der Waals surface area contributed by atoms with E-state index in [0.717, 1.165) is 31.5 Å². The minimum absolute atomic E-state index is 0.0982. The van der Waals surface area contributed by atoms with Crippen LogP contribution in [0.15, 0.2) is 24.3 Å². The van der Waals surface area contributed by atoms with Gasteiger partial charge in [0.05, 0.1) is 17.6 Å². The predicted octanol–water partition coefficient (Wildman–Crippen LogP) is 3.27. The fourth-order valence-corrected chi connectivity index (χ4v) is 2.67. The molecular weight excluding hydrogens is 293 g/mol. The number of hydrogen-bond donors (Lipinski definition) is 2. The van der Waals surface area contributed by atoms with Crippen molar-refractivity contribution in [2.24, 2.45) is 5.92 Å². The first-order valence-electron chi connectivity index (χ1n) is 7.48. The average molecular weight is 314 g/mol. The van der Waals surface area contributed by atoms with Crippen molar-refractivity contribution in [1.29, 1.82) is 0 Å². The quantitative estimate of drug-likeness (QED) is 0.899. The zero-order chi connectivity index (χ0) is 16.3. The average Bonchev–Trinajstić information content (AvgIpc) is 2.46. The molecule has 1 aliphatic rings. The van der Waals surface area contributed by atoms with Crippen LogP contribution in [-0.2, 0) is 11.0 Å². The number of nitrogens with one attached hydrogen (secondary N) is 2. The molecule has 0 aliphatic carbocycles. The fourth-order valence-electron chi connectivity index (χ4n) is 2.67. The molecule has 22 heavy (non-hydrogen) atoms. The normalized spacial score (nSPS) is 23.9. The molecule has 6 heteroatoms. The van der Waals surface area contributed by atoms with E-state index in [0.29, 0.717) is 11.5 Å². The molecule has 2 rings (SSSR count). The summed E-state index contributed by atoms with van der Waals surface area (Å²) >= 11 is 0. The van der Waals surface area contributed by atoms with Gasteiger partial charge in [0.25, 0.3) is 0 Å². The van der Waals surface area contributed by atoms with E-state index in [2.05, 4.69) is 17.6 Å². The van der Waals surface area contributed by atoms with Gasteiger partial charge in [-0.25, -0.2) is 0 Å². The molecule has 0 saturated carbocycles. The number of benzene rings is 1. The Kier molecular flexibility index (Phi) is 5.11. The highest BCUT2D eigenvalue weighted by molar-refractivity contribution is 5.82. The molecule has 3 atom stereocenters. The topological polar surface area (TPSA) is 41.1 Å². The van der Waals surface area contributed by atoms with Crippen LogP contribution in [0.4, 0.5) is 13.2 Å². The molecular formula is C16H21F3N2O. The molecule has 1 aromatic rings. The summed E-state index contributed by atoms with van der Waals surface area (Å²) in [5, 5.41) is 6.04. The van der Waals surface area contributed by atoms with Gasteiger partial charge in [-0.1, -0.05) is 19.1 Å². The molecule has 3 nitrogen and oxygen atoms in total. The third-order valence-electron chi connectivity index (χ3n) is 4.08. The molecule has 1 amide bonds. The van der Waals surface area contributed by atoms with Gasteiger partial charge in [-0.2, -0.15) is 13.2 Å². The maximum Gasteiger partial charge on any atom is 0.416 e. The SMILES string of the molecule is CC1CCNC(C(=O)NC(C)c2ccc(C(F)(F)F)cc2)C1. The lowest BCUT2D eigenvalue weighted by atomic mass is 9.93. The lowest BCUT2D eigenvalue weighted by Gasteiger charge is -2.28. The van der Waals surface area contributed by atoms with Crippen molar-refractivity contribution in [2.45, 2.75) is 44.9 Å². The van der Waals surface area contributed by atoms with Crippen LogP contribution < -0.4 is 10.6 Å². The van der Waals surface area contributed by atoms with E-state index in [9.17, 15) is 18.0 Å². The predicted molar refractivity (Wildman–Crippen MR) is 78.2 cm³/mol. The highest BCUT2D eigenvalue weighted by Crippen LogP contribution is 2.29. The molecule has 0 radical (unpaired) electrons. The first-order valence-corrected chi connectivity index (χ1v) is 7.48. The van der Waals surface area contributed by atoms with Gasteiger partial charge < -0.3 is 10.6 Å². The van der Waals surface area contributed by atoms with Crippen LogP contribution >= 0.6 is 0 Å². The maximum atomic E-state index is 12.5. The monoisotopic (exact) mass is 314 g/mol. The number of hydrogen-bond acceptors (Lipinski definition) is 2. The third kappa shape index (κ3) is 4.22. The molecule has 1 aromatic carbocycles. The maximum absolute atomic E-state index is 12.5. The highest BCUT2D eigenvalue weighted by atomic mass is 19.4. The van der Waals surface area contributed by atoms with E-state index in [-0.39, 0.29) is 18.0 Å². The highest BCUT2D eigenvalue weighted by Gasteiger charge is 2.30. The largest absolute Gasteiger partial charge is 0.416 e. The van der Waals surface area contributed by atoms with Gasteiger partial charge in [0, 0.05) is 0 Å². The van der Waals surface area contributed by atoms with Crippen molar-refractivity contribution in [3.63, 3.8) is 0 Å². The molecule has 3 unspecified atom stereocenters. The van der Waals surface area contributed by atoms with Crippen LogP contribution in [0.2, 0.25) is 0 Å². The summed E-state index contributed by atoms with van der Waals surface area (Å²) in [7, 11) is 0. The number of piperidine rings is 1. The number of alkyl halides is 3. The molecule has 1 heterocycles. The summed E-state index contributed by atoms with van der Waals surface area (Å²) in [4.78, 5) is 12.2. The summed E-state index contributed by atoms with van der Waals surface area (Å²) in [6.07, 6.45) is -2.50. The van der Waals surface area contributed by atoms with Crippen LogP contribution in [0.1, 0.15) is 43.9 Å². The second-order valence-corrected chi connectivity index (χ2v) is 5.99. The first kappa shape index (κ1) is 16.8. The minimum Gasteiger partial charge on any atom is -0.348 e. The van der Waals surface area contributed by atoms with Crippen molar-refractivity contribution in [3.05, 3.63) is 35.4 Å². The van der Waals surface area contributed by atoms with Crippen LogP contribution in [-0.4, -0.2) is 18.5 Å². The third-order valence-corrected chi connectivity index (χ3v) is 4.08. The van der Waals surface area contributed by atoms with E-state index in [1.165, 1.54) is 12.1 Å². The zero-order valence-corrected chi connectivity index (χ0v) is 12.7. The standard InChI is InChI=1S/C16H21F3N2O/c1-10-7-8-20-14(9-10)15(22)21-11(2)12-3-5-13(6-4-12)16(17,18)19/h3-6,10-11,14,20H,7-9H2,1-2H3,(H,21,22). The zero-order valence-electron chi connectivity index (χ0n) is 12.7. The van der Waals surface area contributed by atoms with Crippen LogP contribution in [0.5, 0.6) is 0 Å². The Balaban J connectivity index is 1.96. The van der Waals surface area contributed by atoms with E-state index < -0.39 is 11.7 Å². The van der Waals surface area contributed by atoms with Crippen molar-refractivity contribution < 1.29 is 18.0 Å². The van der Waals surface area contributed by atoms with Gasteiger partial charge in [0.1, 0.15) is 0 Å². The van der Waals surface area contributed by atoms with Crippen molar-refractivity contribution >= 4 is 5.91 Å². The fraction of sp³-hybridized carbons (Fsp3) is 0.562. The Bertz CT molecular complexity index is 513. The molecule has 0 aromatic heterocycles. The minimum atomic E-state index is -4.34. The summed E-state index contributed by atoms with van der Waals surface area (Å²) in [5.74, 6) is 0.400. The summed E-state index contributed by atoms with van der Waals surface area (Å²) in [6.45, 7) is 4.70. The molecule has 1 saturated heterocycles. The number of carbonyl (C=O) groups excluding carboxylic acids is 1. The summed E-state index contributed by atoms with van der Waals surface area (Å²) in [5.41, 5.74) is -0.0252. The Morgan fingerprint density at radius 1 is 1.32 bits per heavy atom. The van der Waals surface area contributed by atoms with Crippen LogP contribution in [0.3, 0.4) is 0 Å². The molecule has 122 valence electrons. The molecule has 0 bridgehead atoms. The number of halogens is 3. The van der Waals surface area contributed by atoms with Crippen LogP contribution in [0, 0.1) is 5.92 Å². The molecule has 0 spiro atoms. The van der Waals surface area contributed by atoms with Gasteiger partial charge >= 0.3 is 6.18 Å². The Morgan fingerprint density at radius 3 is 2.50 bits per heavy atom. The van der Waals surface area contributed by atoms with Gasteiger partial charge in [-0.3, -0.25) is 4.79 Å². The molecule has 2 N–H and O–H groups in total. The van der Waals surface area contributed by atoms with Crippen molar-refractivity contribution in [1.82, 2.24) is 10.6 Å². The summed E-state index contributed by atoms with van der Waals surface area (Å²) < 4.78 is 37.6. The van der Waals surface area contributed by atoms with Crippen LogP contribution in [0.25, 0.3) is 0 Å². The van der Waals surface area contributed by atoms with Crippen molar-refractivity contribution in [2.75, 3.05) is 6.54 Å². The lowest BCUT2D eigenvalue weighted by molar-refractivity contribution is -0.137. The first-order chi connectivity index (χ1) is 10.3. The smallest absolute Gasteiger partial charge is 0.348 e. The number of rotatable bonds is 3. The van der Waals surface area contributed by atoms with Gasteiger partial charge in [0.15, 0.2) is 0 Å². The second kappa shape index (κ2) is 6.69. The summed E-state index contributed by atoms with van der Waals surface area (Å²) in [6, 6.07) is 4.35. The van der Waals surface area contributed by atoms with E-state index in [4.69, 9.17) is 0 Å². The number of carbonyl (C=O) groups is 1. The Morgan fingerprint density at radius 2 is 1.95 bits per heavy atom. The lowest BCUT2D eigenvalue weighted by Crippen LogP contribution is -2.48. The number of amides is 1. The van der Waals surface area contributed by atoms with Crippen molar-refractivity contribution in [3.8, 4) is 0 Å². The van der Waals surface area contributed by atoms with E-state index in [1.54, 1.807) is 6.92 Å². The van der Waals surface area contributed by atoms with Gasteiger partial charge in [-0.05, 0) is 49.9 Å². The molecule has 1 aliphatic heterocycles. The molecule has 1 fully saturated rings. The van der Waals surface area contributed by atoms with E-state index >= 15 is 0 Å². The van der Waals surface area contributed by atoms with Gasteiger partial charge in [0.2, 0.25) is 5.91 Å². The Hall–Kier alpha value is -1.56. The van der Waals surface area contributed by atoms with E-state index in [1.807, 2.05) is 0 Å². The van der Waals surface area contributed by atoms with Gasteiger partial charge in [-0.15, -0.1) is 0 Å².